The van der Waals surface area contributed by atoms with Gasteiger partial charge >= 0.3 is 0 Å². The molecule has 30 heavy (non-hydrogen) atoms. The van der Waals surface area contributed by atoms with Gasteiger partial charge in [-0.25, -0.2) is 15.0 Å². The summed E-state index contributed by atoms with van der Waals surface area (Å²) >= 11 is 0. The van der Waals surface area contributed by atoms with Crippen LogP contribution in [0.1, 0.15) is 18.4 Å². The Morgan fingerprint density at radius 3 is 2.93 bits per heavy atom. The van der Waals surface area contributed by atoms with Crippen LogP contribution in [0.3, 0.4) is 0 Å². The number of aromatic amines is 1. The van der Waals surface area contributed by atoms with Crippen LogP contribution in [0.25, 0.3) is 22.3 Å². The minimum absolute atomic E-state index is 0.150. The Morgan fingerprint density at radius 1 is 1.17 bits per heavy atom. The van der Waals surface area contributed by atoms with Crippen LogP contribution in [-0.4, -0.2) is 51.0 Å². The van der Waals surface area contributed by atoms with Gasteiger partial charge in [0, 0.05) is 35.7 Å². The van der Waals surface area contributed by atoms with E-state index in [1.54, 1.807) is 18.7 Å². The Kier molecular flexibility index (Phi) is 4.98. The lowest BCUT2D eigenvalue weighted by molar-refractivity contribution is -0.0800. The number of aromatic nitrogens is 5. The van der Waals surface area contributed by atoms with Gasteiger partial charge in [0.2, 0.25) is 0 Å². The number of H-pyrrole nitrogens is 1. The van der Waals surface area contributed by atoms with E-state index >= 15 is 0 Å². The SMILES string of the molecule is CC(CNc1cc(-c2cnc3[nH]ncc3c2)ncn1)c1ccccc1OC1COC1. The first-order valence-electron chi connectivity index (χ1n) is 9.95. The molecule has 4 aromatic rings. The average molecular weight is 402 g/mol. The Bertz CT molecular complexity index is 1160. The zero-order valence-electron chi connectivity index (χ0n) is 16.6. The maximum Gasteiger partial charge on any atom is 0.155 e. The standard InChI is InChI=1S/C22H22N6O2/c1-14(18-4-2-3-5-20(18)30-17-11-29-12-17)8-23-21-7-19(25-13-26-21)15-6-16-10-27-28-22(16)24-9-15/h2-7,9-10,13-14,17H,8,11-12H2,1H3,(H,23,25,26)(H,24,27,28). The third-order valence-electron chi connectivity index (χ3n) is 5.19. The second-order valence-electron chi connectivity index (χ2n) is 7.42. The highest BCUT2D eigenvalue weighted by atomic mass is 16.6. The Morgan fingerprint density at radius 2 is 2.07 bits per heavy atom. The molecule has 152 valence electrons. The third-order valence-corrected chi connectivity index (χ3v) is 5.19. The number of fused-ring (bicyclic) bond motifs is 1. The molecule has 0 aliphatic carbocycles. The van der Waals surface area contributed by atoms with Gasteiger partial charge in [0.15, 0.2) is 5.65 Å². The molecule has 1 saturated heterocycles. The molecule has 1 aromatic carbocycles. The molecule has 1 fully saturated rings. The van der Waals surface area contributed by atoms with Crippen molar-refractivity contribution in [2.45, 2.75) is 18.9 Å². The summed E-state index contributed by atoms with van der Waals surface area (Å²) in [5.74, 6) is 1.93. The number of rotatable bonds is 7. The molecule has 0 bridgehead atoms. The van der Waals surface area contributed by atoms with Gasteiger partial charge in [-0.3, -0.25) is 5.10 Å². The maximum absolute atomic E-state index is 6.07. The smallest absolute Gasteiger partial charge is 0.155 e. The number of hydrogen-bond donors (Lipinski definition) is 2. The van der Waals surface area contributed by atoms with Crippen molar-refractivity contribution in [1.29, 1.82) is 0 Å². The van der Waals surface area contributed by atoms with Crippen molar-refractivity contribution >= 4 is 16.9 Å². The zero-order valence-corrected chi connectivity index (χ0v) is 16.6. The minimum atomic E-state index is 0.150. The number of benzene rings is 1. The second kappa shape index (κ2) is 8.08. The molecule has 8 nitrogen and oxygen atoms in total. The molecule has 8 heteroatoms. The van der Waals surface area contributed by atoms with E-state index in [9.17, 15) is 0 Å². The van der Waals surface area contributed by atoms with Gasteiger partial charge in [0.05, 0.1) is 25.1 Å². The predicted molar refractivity (Wildman–Crippen MR) is 113 cm³/mol. The van der Waals surface area contributed by atoms with Gasteiger partial charge in [-0.05, 0) is 17.7 Å². The molecule has 1 atom stereocenters. The van der Waals surface area contributed by atoms with Gasteiger partial charge < -0.3 is 14.8 Å². The molecule has 3 aromatic heterocycles. The first kappa shape index (κ1) is 18.5. The van der Waals surface area contributed by atoms with E-state index in [-0.39, 0.29) is 12.0 Å². The summed E-state index contributed by atoms with van der Waals surface area (Å²) in [4.78, 5) is 13.1. The second-order valence-corrected chi connectivity index (χ2v) is 7.42. The zero-order chi connectivity index (χ0) is 20.3. The summed E-state index contributed by atoms with van der Waals surface area (Å²) in [6.07, 6.45) is 5.25. The summed E-state index contributed by atoms with van der Waals surface area (Å²) in [7, 11) is 0. The fraction of sp³-hybridized carbons (Fsp3) is 0.273. The van der Waals surface area contributed by atoms with Crippen LogP contribution in [0.15, 0.2) is 55.1 Å². The van der Waals surface area contributed by atoms with Crippen molar-refractivity contribution in [2.24, 2.45) is 0 Å². The number of nitrogens with one attached hydrogen (secondary N) is 2. The largest absolute Gasteiger partial charge is 0.485 e. The first-order chi connectivity index (χ1) is 14.8. The van der Waals surface area contributed by atoms with E-state index in [4.69, 9.17) is 9.47 Å². The highest BCUT2D eigenvalue weighted by Crippen LogP contribution is 2.29. The Hall–Kier alpha value is -3.52. The number of para-hydroxylation sites is 1. The van der Waals surface area contributed by atoms with Gasteiger partial charge in [0.1, 0.15) is 24.0 Å². The Labute approximate surface area is 173 Å². The molecule has 1 aliphatic heterocycles. The van der Waals surface area contributed by atoms with E-state index in [1.165, 1.54) is 5.56 Å². The molecular formula is C22H22N6O2. The summed E-state index contributed by atoms with van der Waals surface area (Å²) < 4.78 is 11.3. The molecule has 1 unspecified atom stereocenters. The molecule has 1 aliphatic rings. The average Bonchev–Trinajstić information content (AvgIpc) is 3.23. The molecular weight excluding hydrogens is 380 g/mol. The van der Waals surface area contributed by atoms with Crippen LogP contribution < -0.4 is 10.1 Å². The van der Waals surface area contributed by atoms with E-state index in [0.717, 1.165) is 40.4 Å². The van der Waals surface area contributed by atoms with E-state index in [1.807, 2.05) is 30.3 Å². The van der Waals surface area contributed by atoms with Crippen molar-refractivity contribution < 1.29 is 9.47 Å². The van der Waals surface area contributed by atoms with Crippen LogP contribution in [0, 0.1) is 0 Å². The Balaban J connectivity index is 1.29. The summed E-state index contributed by atoms with van der Waals surface area (Å²) in [5, 5.41) is 11.2. The fourth-order valence-electron chi connectivity index (χ4n) is 3.41. The number of hydrogen-bond acceptors (Lipinski definition) is 7. The van der Waals surface area contributed by atoms with Crippen molar-refractivity contribution in [3.63, 3.8) is 0 Å². The first-order valence-corrected chi connectivity index (χ1v) is 9.95. The number of nitrogens with zero attached hydrogens (tertiary/aromatic N) is 4. The predicted octanol–water partition coefficient (Wildman–Crippen LogP) is 3.41. The summed E-state index contributed by atoms with van der Waals surface area (Å²) in [5.41, 5.74) is 3.66. The molecule has 0 saturated carbocycles. The lowest BCUT2D eigenvalue weighted by Gasteiger charge is -2.28. The van der Waals surface area contributed by atoms with E-state index in [0.29, 0.717) is 13.2 Å². The highest BCUT2D eigenvalue weighted by Gasteiger charge is 2.22. The number of anilines is 1. The van der Waals surface area contributed by atoms with Crippen molar-refractivity contribution in [3.8, 4) is 17.0 Å². The van der Waals surface area contributed by atoms with Gasteiger partial charge in [0.25, 0.3) is 0 Å². The molecule has 5 rings (SSSR count). The van der Waals surface area contributed by atoms with Gasteiger partial charge in [-0.15, -0.1) is 0 Å². The van der Waals surface area contributed by atoms with Crippen LogP contribution in [0.4, 0.5) is 5.82 Å². The lowest BCUT2D eigenvalue weighted by atomic mass is 10.00. The topological polar surface area (TPSA) is 97.8 Å². The third kappa shape index (κ3) is 3.81. The van der Waals surface area contributed by atoms with Crippen LogP contribution in [-0.2, 0) is 4.74 Å². The molecule has 0 amide bonds. The monoisotopic (exact) mass is 402 g/mol. The molecule has 4 heterocycles. The van der Waals surface area contributed by atoms with E-state index in [2.05, 4.69) is 43.5 Å². The van der Waals surface area contributed by atoms with Crippen LogP contribution >= 0.6 is 0 Å². The lowest BCUT2D eigenvalue weighted by Crippen LogP contribution is -2.38. The normalized spacial score (nSPS) is 15.0. The number of ether oxygens (including phenoxy) is 2. The van der Waals surface area contributed by atoms with Crippen LogP contribution in [0.5, 0.6) is 5.75 Å². The van der Waals surface area contributed by atoms with Crippen molar-refractivity contribution in [2.75, 3.05) is 25.1 Å². The maximum atomic E-state index is 6.07. The minimum Gasteiger partial charge on any atom is -0.485 e. The molecule has 2 N–H and O–H groups in total. The quantitative estimate of drug-likeness (QED) is 0.489. The summed E-state index contributed by atoms with van der Waals surface area (Å²) in [6, 6.07) is 12.1. The fourth-order valence-corrected chi connectivity index (χ4v) is 3.41. The van der Waals surface area contributed by atoms with Crippen LogP contribution in [0.2, 0.25) is 0 Å². The van der Waals surface area contributed by atoms with Crippen molar-refractivity contribution in [3.05, 3.63) is 60.7 Å². The molecule has 0 radical (unpaired) electrons. The summed E-state index contributed by atoms with van der Waals surface area (Å²) in [6.45, 7) is 4.20. The van der Waals surface area contributed by atoms with E-state index < -0.39 is 0 Å². The highest BCUT2D eigenvalue weighted by molar-refractivity contribution is 5.79. The molecule has 0 spiro atoms. The van der Waals surface area contributed by atoms with Crippen molar-refractivity contribution in [1.82, 2.24) is 25.1 Å². The van der Waals surface area contributed by atoms with Gasteiger partial charge in [-0.1, -0.05) is 25.1 Å². The number of pyridine rings is 1. The van der Waals surface area contributed by atoms with Gasteiger partial charge in [-0.2, -0.15) is 5.10 Å².